The number of carbonyl (C=O) groups is 1. The van der Waals surface area contributed by atoms with Gasteiger partial charge in [-0.2, -0.15) is 0 Å². The molecule has 0 atom stereocenters. The molecule has 0 aliphatic rings. The van der Waals surface area contributed by atoms with E-state index in [1.807, 2.05) is 17.0 Å². The van der Waals surface area contributed by atoms with Crippen LogP contribution in [0.3, 0.4) is 0 Å². The number of carbonyl (C=O) groups excluding carboxylic acids is 1. The predicted molar refractivity (Wildman–Crippen MR) is 79.1 cm³/mol. The molecule has 0 saturated carbocycles. The zero-order valence-corrected chi connectivity index (χ0v) is 13.5. The Hall–Kier alpha value is -0.0600. The molecule has 0 aliphatic carbocycles. The predicted octanol–water partition coefficient (Wildman–Crippen LogP) is 4.35. The van der Waals surface area contributed by atoms with Crippen molar-refractivity contribution in [3.05, 3.63) is 33.3 Å². The van der Waals surface area contributed by atoms with Gasteiger partial charge in [0.05, 0.1) is 10.6 Å². The molecule has 0 fully saturated rings. The third-order valence-electron chi connectivity index (χ3n) is 2.32. The Labute approximate surface area is 124 Å². The highest BCUT2D eigenvalue weighted by Crippen LogP contribution is 2.27. The Bertz CT molecular complexity index is 392. The quantitative estimate of drug-likeness (QED) is 0.692. The van der Waals surface area contributed by atoms with Crippen LogP contribution in [0.25, 0.3) is 0 Å². The summed E-state index contributed by atoms with van der Waals surface area (Å²) in [6.45, 7) is 3.49. The summed E-state index contributed by atoms with van der Waals surface area (Å²) in [6, 6.07) is 5.40. The summed E-state index contributed by atoms with van der Waals surface area (Å²) in [5, 5.41) is 1.25. The summed E-state index contributed by atoms with van der Waals surface area (Å²) in [6.07, 6.45) is 0.935. The molecule has 0 spiro atoms. The molecule has 94 valence electrons. The number of nitrogens with zero attached hydrogens (tertiary/aromatic N) is 1. The van der Waals surface area contributed by atoms with E-state index < -0.39 is 0 Å². The normalized spacial score (nSPS) is 10.4. The maximum Gasteiger partial charge on any atom is 0.255 e. The van der Waals surface area contributed by atoms with E-state index in [1.54, 1.807) is 6.07 Å². The van der Waals surface area contributed by atoms with Crippen molar-refractivity contribution in [2.24, 2.45) is 0 Å². The van der Waals surface area contributed by atoms with Crippen molar-refractivity contribution in [3.63, 3.8) is 0 Å². The highest BCUT2D eigenvalue weighted by molar-refractivity contribution is 9.10. The van der Waals surface area contributed by atoms with Gasteiger partial charge in [0.2, 0.25) is 0 Å². The van der Waals surface area contributed by atoms with Crippen LogP contribution in [0.1, 0.15) is 23.7 Å². The number of halogens is 3. The van der Waals surface area contributed by atoms with Gasteiger partial charge in [0.1, 0.15) is 0 Å². The average Bonchev–Trinajstić information content (AvgIpc) is 2.31. The van der Waals surface area contributed by atoms with Crippen LogP contribution in [0, 0.1) is 0 Å². The van der Waals surface area contributed by atoms with E-state index in [2.05, 4.69) is 38.8 Å². The largest absolute Gasteiger partial charge is 0.338 e. The van der Waals surface area contributed by atoms with Crippen LogP contribution < -0.4 is 0 Å². The minimum absolute atomic E-state index is 0.0161. The van der Waals surface area contributed by atoms with Crippen LogP contribution in [-0.2, 0) is 0 Å². The van der Waals surface area contributed by atoms with Gasteiger partial charge in [-0.3, -0.25) is 4.79 Å². The van der Waals surface area contributed by atoms with Gasteiger partial charge in [-0.1, -0.05) is 40.5 Å². The first-order valence-electron chi connectivity index (χ1n) is 5.41. The Balaban J connectivity index is 2.96. The van der Waals surface area contributed by atoms with Crippen molar-refractivity contribution in [2.75, 3.05) is 18.4 Å². The molecule has 1 aromatic carbocycles. The van der Waals surface area contributed by atoms with Gasteiger partial charge in [0.15, 0.2) is 0 Å². The van der Waals surface area contributed by atoms with Gasteiger partial charge in [-0.25, -0.2) is 0 Å². The van der Waals surface area contributed by atoms with Crippen molar-refractivity contribution in [3.8, 4) is 0 Å². The van der Waals surface area contributed by atoms with Gasteiger partial charge < -0.3 is 4.90 Å². The average molecular weight is 384 g/mol. The second-order valence-electron chi connectivity index (χ2n) is 3.58. The number of alkyl halides is 1. The van der Waals surface area contributed by atoms with Crippen LogP contribution in [0.15, 0.2) is 22.7 Å². The first-order valence-corrected chi connectivity index (χ1v) is 7.70. The highest BCUT2D eigenvalue weighted by atomic mass is 79.9. The fourth-order valence-corrected chi connectivity index (χ4v) is 2.53. The molecule has 1 amide bonds. The molecule has 0 bridgehead atoms. The molecule has 1 aromatic rings. The Morgan fingerprint density at radius 1 is 1.41 bits per heavy atom. The van der Waals surface area contributed by atoms with E-state index in [0.717, 1.165) is 22.8 Å². The number of amides is 1. The molecule has 0 N–H and O–H groups in total. The lowest BCUT2D eigenvalue weighted by atomic mass is 10.2. The SMILES string of the molecule is CCCN(CCBr)C(=O)c1cccc(Br)c1Cl. The Morgan fingerprint density at radius 3 is 2.71 bits per heavy atom. The fourth-order valence-electron chi connectivity index (χ4n) is 1.53. The van der Waals surface area contributed by atoms with Crippen LogP contribution in [-0.4, -0.2) is 29.2 Å². The maximum absolute atomic E-state index is 12.3. The van der Waals surface area contributed by atoms with Crippen molar-refractivity contribution in [1.82, 2.24) is 4.90 Å². The summed E-state index contributed by atoms with van der Waals surface area (Å²) in [4.78, 5) is 14.1. The molecule has 0 unspecified atom stereocenters. The standard InChI is InChI=1S/C12H14Br2ClNO/c1-2-7-16(8-6-13)12(17)9-4-3-5-10(14)11(9)15/h3-5H,2,6-8H2,1H3. The third kappa shape index (κ3) is 3.97. The first-order chi connectivity index (χ1) is 8.11. The summed E-state index contributed by atoms with van der Waals surface area (Å²) in [5.41, 5.74) is 0.551. The summed E-state index contributed by atoms with van der Waals surface area (Å²) in [5.74, 6) is -0.0161. The van der Waals surface area contributed by atoms with E-state index in [9.17, 15) is 4.79 Å². The number of rotatable bonds is 5. The molecule has 0 radical (unpaired) electrons. The van der Waals surface area contributed by atoms with E-state index in [0.29, 0.717) is 17.1 Å². The second-order valence-corrected chi connectivity index (χ2v) is 5.61. The number of hydrogen-bond acceptors (Lipinski definition) is 1. The zero-order valence-electron chi connectivity index (χ0n) is 9.55. The Morgan fingerprint density at radius 2 is 2.12 bits per heavy atom. The number of benzene rings is 1. The van der Waals surface area contributed by atoms with Crippen molar-refractivity contribution < 1.29 is 4.79 Å². The molecular weight excluding hydrogens is 369 g/mol. The first kappa shape index (κ1) is 15.0. The smallest absolute Gasteiger partial charge is 0.255 e. The molecule has 17 heavy (non-hydrogen) atoms. The van der Waals surface area contributed by atoms with E-state index in [1.165, 1.54) is 0 Å². The summed E-state index contributed by atoms with van der Waals surface area (Å²) >= 11 is 12.8. The minimum atomic E-state index is -0.0161. The van der Waals surface area contributed by atoms with Crippen LogP contribution >= 0.6 is 43.5 Å². The molecule has 5 heteroatoms. The fraction of sp³-hybridized carbons (Fsp3) is 0.417. The van der Waals surface area contributed by atoms with Gasteiger partial charge >= 0.3 is 0 Å². The molecule has 0 aromatic heterocycles. The lowest BCUT2D eigenvalue weighted by molar-refractivity contribution is 0.0766. The van der Waals surface area contributed by atoms with E-state index >= 15 is 0 Å². The van der Waals surface area contributed by atoms with Crippen molar-refractivity contribution in [2.45, 2.75) is 13.3 Å². The van der Waals surface area contributed by atoms with Crippen molar-refractivity contribution in [1.29, 1.82) is 0 Å². The topological polar surface area (TPSA) is 20.3 Å². The lowest BCUT2D eigenvalue weighted by Crippen LogP contribution is -2.33. The second kappa shape index (κ2) is 7.39. The van der Waals surface area contributed by atoms with Crippen LogP contribution in [0.2, 0.25) is 5.02 Å². The zero-order chi connectivity index (χ0) is 12.8. The lowest BCUT2D eigenvalue weighted by Gasteiger charge is -2.21. The van der Waals surface area contributed by atoms with E-state index in [4.69, 9.17) is 11.6 Å². The maximum atomic E-state index is 12.3. The molecule has 0 saturated heterocycles. The van der Waals surface area contributed by atoms with Crippen molar-refractivity contribution >= 4 is 49.4 Å². The monoisotopic (exact) mass is 381 g/mol. The number of hydrogen-bond donors (Lipinski definition) is 0. The molecule has 0 heterocycles. The van der Waals surface area contributed by atoms with E-state index in [-0.39, 0.29) is 5.91 Å². The summed E-state index contributed by atoms with van der Waals surface area (Å²) < 4.78 is 0.750. The Kier molecular flexibility index (Phi) is 6.52. The molecule has 0 aliphatic heterocycles. The third-order valence-corrected chi connectivity index (χ3v) is 3.97. The minimum Gasteiger partial charge on any atom is -0.338 e. The molecule has 1 rings (SSSR count). The van der Waals surface area contributed by atoms with Gasteiger partial charge in [-0.15, -0.1) is 0 Å². The molecule has 2 nitrogen and oxygen atoms in total. The van der Waals surface area contributed by atoms with Crippen LogP contribution in [0.4, 0.5) is 0 Å². The highest BCUT2D eigenvalue weighted by Gasteiger charge is 2.18. The van der Waals surface area contributed by atoms with Gasteiger partial charge in [0.25, 0.3) is 5.91 Å². The summed E-state index contributed by atoms with van der Waals surface area (Å²) in [7, 11) is 0. The van der Waals surface area contributed by atoms with Gasteiger partial charge in [0, 0.05) is 22.9 Å². The molecular formula is C12H14Br2ClNO. The van der Waals surface area contributed by atoms with Gasteiger partial charge in [-0.05, 0) is 34.5 Å². The van der Waals surface area contributed by atoms with Crippen LogP contribution in [0.5, 0.6) is 0 Å².